The van der Waals surface area contributed by atoms with Crippen LogP contribution in [0.5, 0.6) is 0 Å². The molecular weight excluding hydrogens is 264 g/mol. The topological polar surface area (TPSA) is 48.4 Å². The summed E-state index contributed by atoms with van der Waals surface area (Å²) in [6, 6.07) is 0.595. The Labute approximate surface area is 128 Å². The Balaban J connectivity index is 2.23. The Morgan fingerprint density at radius 3 is 2.48 bits per heavy atom. The second kappa shape index (κ2) is 6.56. The van der Waals surface area contributed by atoms with Crippen LogP contribution in [0.3, 0.4) is 0 Å². The smallest absolute Gasteiger partial charge is 0.230 e. The third-order valence-electron chi connectivity index (χ3n) is 4.11. The number of rotatable bonds is 5. The van der Waals surface area contributed by atoms with Crippen LogP contribution < -0.4 is 9.80 Å². The van der Waals surface area contributed by atoms with E-state index < -0.39 is 0 Å². The molecule has 1 saturated heterocycles. The lowest BCUT2D eigenvalue weighted by molar-refractivity contribution is 0.272. The van der Waals surface area contributed by atoms with E-state index in [2.05, 4.69) is 52.6 Å². The van der Waals surface area contributed by atoms with Gasteiger partial charge in [0.05, 0.1) is 0 Å². The average Bonchev–Trinajstić information content (AvgIpc) is 2.95. The van der Waals surface area contributed by atoms with E-state index in [-0.39, 0.29) is 0 Å². The van der Waals surface area contributed by atoms with Crippen LogP contribution in [0, 0.1) is 0 Å². The first-order chi connectivity index (χ1) is 9.92. The summed E-state index contributed by atoms with van der Waals surface area (Å²) >= 11 is 0. The zero-order valence-electron chi connectivity index (χ0n) is 14.2. The molecule has 2 heterocycles. The molecule has 1 atom stereocenters. The van der Waals surface area contributed by atoms with Gasteiger partial charge in [-0.3, -0.25) is 0 Å². The van der Waals surface area contributed by atoms with Crippen LogP contribution in [0.15, 0.2) is 0 Å². The summed E-state index contributed by atoms with van der Waals surface area (Å²) in [5, 5.41) is 0. The van der Waals surface area contributed by atoms with Crippen molar-refractivity contribution in [2.24, 2.45) is 0 Å². The first-order valence-electron chi connectivity index (χ1n) is 7.80. The third-order valence-corrected chi connectivity index (χ3v) is 4.11. The third kappa shape index (κ3) is 3.61. The van der Waals surface area contributed by atoms with Gasteiger partial charge in [0.25, 0.3) is 0 Å². The number of nitrogens with zero attached hydrogens (tertiary/aromatic N) is 6. The maximum atomic E-state index is 4.68. The van der Waals surface area contributed by atoms with Gasteiger partial charge in [0.2, 0.25) is 11.9 Å². The Kier molecular flexibility index (Phi) is 4.98. The largest absolute Gasteiger partial charge is 0.347 e. The number of anilines is 2. The normalized spacial score (nSPS) is 18.9. The summed E-state index contributed by atoms with van der Waals surface area (Å²) in [6.07, 6.45) is 1.17. The van der Waals surface area contributed by atoms with E-state index in [1.165, 1.54) is 6.42 Å². The highest BCUT2D eigenvalue weighted by Gasteiger charge is 2.27. The minimum absolute atomic E-state index is 0.308. The molecule has 0 aliphatic carbocycles. The highest BCUT2D eigenvalue weighted by Crippen LogP contribution is 2.22. The van der Waals surface area contributed by atoms with Crippen LogP contribution >= 0.6 is 0 Å². The molecule has 1 aliphatic rings. The molecule has 118 valence electrons. The Hall–Kier alpha value is -1.43. The fourth-order valence-corrected chi connectivity index (χ4v) is 2.51. The maximum Gasteiger partial charge on any atom is 0.230 e. The van der Waals surface area contributed by atoms with E-state index >= 15 is 0 Å². The zero-order chi connectivity index (χ0) is 15.6. The lowest BCUT2D eigenvalue weighted by Gasteiger charge is -2.23. The van der Waals surface area contributed by atoms with Gasteiger partial charge in [-0.25, -0.2) is 0 Å². The van der Waals surface area contributed by atoms with Crippen molar-refractivity contribution >= 4 is 11.9 Å². The van der Waals surface area contributed by atoms with E-state index in [0.717, 1.165) is 37.4 Å². The first kappa shape index (κ1) is 15.9. The highest BCUT2D eigenvalue weighted by atomic mass is 15.4. The van der Waals surface area contributed by atoms with E-state index in [1.807, 2.05) is 19.0 Å². The van der Waals surface area contributed by atoms with Crippen molar-refractivity contribution in [1.29, 1.82) is 0 Å². The molecule has 2 rings (SSSR count). The van der Waals surface area contributed by atoms with Gasteiger partial charge in [0.15, 0.2) is 0 Å². The lowest BCUT2D eigenvalue weighted by Crippen LogP contribution is -2.35. The molecule has 1 aliphatic heterocycles. The van der Waals surface area contributed by atoms with Crippen LogP contribution in [0.4, 0.5) is 11.9 Å². The van der Waals surface area contributed by atoms with E-state index in [0.29, 0.717) is 12.0 Å². The van der Waals surface area contributed by atoms with Gasteiger partial charge >= 0.3 is 0 Å². The molecule has 21 heavy (non-hydrogen) atoms. The maximum absolute atomic E-state index is 4.68. The Morgan fingerprint density at radius 1 is 1.19 bits per heavy atom. The quantitative estimate of drug-likeness (QED) is 0.821. The number of likely N-dealkylation sites (N-methyl/N-ethyl adjacent to an activating group) is 1. The molecule has 6 nitrogen and oxygen atoms in total. The molecule has 0 radical (unpaired) electrons. The van der Waals surface area contributed by atoms with Crippen LogP contribution in [-0.4, -0.2) is 66.7 Å². The summed E-state index contributed by atoms with van der Waals surface area (Å²) in [4.78, 5) is 20.5. The predicted octanol–water partition coefficient (Wildman–Crippen LogP) is 1.59. The summed E-state index contributed by atoms with van der Waals surface area (Å²) in [5.41, 5.74) is 0. The molecule has 0 bridgehead atoms. The highest BCUT2D eigenvalue weighted by molar-refractivity contribution is 5.39. The SMILES string of the molecule is CCN(C)C1CCN(c2nc(C(C)C)nc(N(C)C)n2)C1. The van der Waals surface area contributed by atoms with Crippen LogP contribution in [0.2, 0.25) is 0 Å². The standard InChI is InChI=1S/C15H28N6/c1-7-20(6)12-8-9-21(10-12)15-17-13(11(2)3)16-14(18-15)19(4)5/h11-12H,7-10H2,1-6H3. The van der Waals surface area contributed by atoms with Crippen molar-refractivity contribution in [2.45, 2.75) is 39.2 Å². The summed E-state index contributed by atoms with van der Waals surface area (Å²) in [7, 11) is 6.13. The van der Waals surface area contributed by atoms with Gasteiger partial charge in [-0.05, 0) is 20.0 Å². The van der Waals surface area contributed by atoms with Crippen molar-refractivity contribution in [1.82, 2.24) is 19.9 Å². The van der Waals surface area contributed by atoms with Crippen molar-refractivity contribution in [2.75, 3.05) is 50.6 Å². The van der Waals surface area contributed by atoms with Crippen molar-refractivity contribution in [3.8, 4) is 0 Å². The summed E-state index contributed by atoms with van der Waals surface area (Å²) < 4.78 is 0. The van der Waals surface area contributed by atoms with Crippen LogP contribution in [-0.2, 0) is 0 Å². The predicted molar refractivity (Wildman–Crippen MR) is 87.2 cm³/mol. The van der Waals surface area contributed by atoms with Gasteiger partial charge in [0, 0.05) is 39.1 Å². The molecule has 1 aromatic heterocycles. The van der Waals surface area contributed by atoms with Crippen molar-refractivity contribution < 1.29 is 0 Å². The van der Waals surface area contributed by atoms with Gasteiger partial charge < -0.3 is 14.7 Å². The van der Waals surface area contributed by atoms with Crippen LogP contribution in [0.1, 0.15) is 38.9 Å². The van der Waals surface area contributed by atoms with Crippen molar-refractivity contribution in [3.63, 3.8) is 0 Å². The molecule has 0 amide bonds. The number of aromatic nitrogens is 3. The van der Waals surface area contributed by atoms with Gasteiger partial charge in [-0.1, -0.05) is 20.8 Å². The molecule has 6 heteroatoms. The van der Waals surface area contributed by atoms with Gasteiger partial charge in [0.1, 0.15) is 5.82 Å². The molecule has 0 N–H and O–H groups in total. The fourth-order valence-electron chi connectivity index (χ4n) is 2.51. The Morgan fingerprint density at radius 2 is 1.90 bits per heavy atom. The second-order valence-corrected chi connectivity index (χ2v) is 6.30. The van der Waals surface area contributed by atoms with E-state index in [9.17, 15) is 0 Å². The summed E-state index contributed by atoms with van der Waals surface area (Å²) in [5.74, 6) is 2.75. The molecule has 0 aromatic carbocycles. The van der Waals surface area contributed by atoms with Gasteiger partial charge in [-0.2, -0.15) is 15.0 Å². The molecule has 1 aromatic rings. The zero-order valence-corrected chi connectivity index (χ0v) is 14.2. The minimum Gasteiger partial charge on any atom is -0.347 e. The average molecular weight is 292 g/mol. The lowest BCUT2D eigenvalue weighted by atomic mass is 10.2. The fraction of sp³-hybridized carbons (Fsp3) is 0.800. The monoisotopic (exact) mass is 292 g/mol. The minimum atomic E-state index is 0.308. The van der Waals surface area contributed by atoms with Crippen molar-refractivity contribution in [3.05, 3.63) is 5.82 Å². The Bertz CT molecular complexity index is 447. The molecule has 0 spiro atoms. The van der Waals surface area contributed by atoms with Gasteiger partial charge in [-0.15, -0.1) is 0 Å². The second-order valence-electron chi connectivity index (χ2n) is 6.30. The molecule has 1 unspecified atom stereocenters. The molecule has 1 fully saturated rings. The van der Waals surface area contributed by atoms with Crippen LogP contribution in [0.25, 0.3) is 0 Å². The summed E-state index contributed by atoms with van der Waals surface area (Å²) in [6.45, 7) is 9.54. The number of hydrogen-bond donors (Lipinski definition) is 0. The van der Waals surface area contributed by atoms with E-state index in [1.54, 1.807) is 0 Å². The first-order valence-corrected chi connectivity index (χ1v) is 7.80. The molecule has 0 saturated carbocycles. The number of hydrogen-bond acceptors (Lipinski definition) is 6. The van der Waals surface area contributed by atoms with E-state index in [4.69, 9.17) is 0 Å². The molecular formula is C15H28N6.